The number of carbonyl (C=O) groups is 1. The standard InChI is InChI=1S/C12H16O3/c1-11-5-8-7-3-2-4-9(7)15-12(8,11)6-14-10(11)13/h7-9H,2-6H2,1H3/t7-,8-,9-,11-,12+/m0/s1. The van der Waals surface area contributed by atoms with E-state index >= 15 is 0 Å². The van der Waals surface area contributed by atoms with Gasteiger partial charge in [0.2, 0.25) is 0 Å². The number of esters is 1. The number of hydrogen-bond donors (Lipinski definition) is 0. The van der Waals surface area contributed by atoms with Gasteiger partial charge in [0.05, 0.1) is 11.5 Å². The highest BCUT2D eigenvalue weighted by Gasteiger charge is 2.78. The summed E-state index contributed by atoms with van der Waals surface area (Å²) in [5, 5.41) is 0. The second-order valence-electron chi connectivity index (χ2n) is 5.86. The Bertz CT molecular complexity index is 353. The van der Waals surface area contributed by atoms with Gasteiger partial charge in [0.15, 0.2) is 0 Å². The third kappa shape index (κ3) is 0.690. The Morgan fingerprint density at radius 2 is 2.27 bits per heavy atom. The van der Waals surface area contributed by atoms with Crippen molar-refractivity contribution in [1.82, 2.24) is 0 Å². The molecular formula is C12H16O3. The molecule has 0 bridgehead atoms. The predicted octanol–water partition coefficient (Wildman–Crippen LogP) is 1.51. The monoisotopic (exact) mass is 208 g/mol. The molecule has 0 unspecified atom stereocenters. The fourth-order valence-corrected chi connectivity index (χ4v) is 4.49. The number of hydrogen-bond acceptors (Lipinski definition) is 3. The van der Waals surface area contributed by atoms with Crippen LogP contribution < -0.4 is 0 Å². The van der Waals surface area contributed by atoms with Gasteiger partial charge in [-0.25, -0.2) is 0 Å². The van der Waals surface area contributed by atoms with Gasteiger partial charge in [0.25, 0.3) is 0 Å². The van der Waals surface area contributed by atoms with Gasteiger partial charge in [-0.15, -0.1) is 0 Å². The number of carbonyl (C=O) groups excluding carboxylic acids is 1. The van der Waals surface area contributed by atoms with Gasteiger partial charge >= 0.3 is 5.97 Å². The highest BCUT2D eigenvalue weighted by atomic mass is 16.6. The van der Waals surface area contributed by atoms with E-state index in [-0.39, 0.29) is 17.0 Å². The van der Waals surface area contributed by atoms with Gasteiger partial charge in [0, 0.05) is 0 Å². The fraction of sp³-hybridized carbons (Fsp3) is 0.917. The van der Waals surface area contributed by atoms with Crippen molar-refractivity contribution in [2.24, 2.45) is 17.3 Å². The quantitative estimate of drug-likeness (QED) is 0.566. The summed E-state index contributed by atoms with van der Waals surface area (Å²) in [6, 6.07) is 0. The molecule has 4 aliphatic rings. The average Bonchev–Trinajstić information content (AvgIpc) is 2.78. The van der Waals surface area contributed by atoms with Crippen LogP contribution in [0, 0.1) is 17.3 Å². The Hall–Kier alpha value is -0.570. The van der Waals surface area contributed by atoms with Gasteiger partial charge in [-0.1, -0.05) is 6.42 Å². The van der Waals surface area contributed by atoms with Crippen LogP contribution in [0.5, 0.6) is 0 Å². The van der Waals surface area contributed by atoms with E-state index in [1.54, 1.807) is 0 Å². The van der Waals surface area contributed by atoms with Crippen LogP contribution in [0.4, 0.5) is 0 Å². The average molecular weight is 208 g/mol. The van der Waals surface area contributed by atoms with Crippen molar-refractivity contribution >= 4 is 5.97 Å². The lowest BCUT2D eigenvalue weighted by Gasteiger charge is -2.52. The molecule has 4 rings (SSSR count). The summed E-state index contributed by atoms with van der Waals surface area (Å²) in [5.41, 5.74) is -0.540. The summed E-state index contributed by atoms with van der Waals surface area (Å²) in [7, 11) is 0. The molecule has 1 spiro atoms. The molecule has 15 heavy (non-hydrogen) atoms. The lowest BCUT2D eigenvalue weighted by atomic mass is 9.50. The molecule has 4 fully saturated rings. The predicted molar refractivity (Wildman–Crippen MR) is 52.1 cm³/mol. The molecule has 0 aromatic carbocycles. The van der Waals surface area contributed by atoms with Gasteiger partial charge in [-0.2, -0.15) is 0 Å². The molecule has 82 valence electrons. The molecule has 3 nitrogen and oxygen atoms in total. The van der Waals surface area contributed by atoms with Crippen LogP contribution in [0.1, 0.15) is 32.6 Å². The van der Waals surface area contributed by atoms with Crippen LogP contribution in [0.25, 0.3) is 0 Å². The van der Waals surface area contributed by atoms with E-state index in [2.05, 4.69) is 0 Å². The Morgan fingerprint density at radius 1 is 1.40 bits per heavy atom. The van der Waals surface area contributed by atoms with Crippen molar-refractivity contribution in [2.75, 3.05) is 6.61 Å². The third-order valence-electron chi connectivity index (χ3n) is 5.41. The van der Waals surface area contributed by atoms with E-state index < -0.39 is 0 Å². The first-order valence-corrected chi connectivity index (χ1v) is 6.02. The minimum absolute atomic E-state index is 0.0290. The van der Waals surface area contributed by atoms with Crippen molar-refractivity contribution in [2.45, 2.75) is 44.3 Å². The lowest BCUT2D eigenvalue weighted by Crippen LogP contribution is -2.62. The highest BCUT2D eigenvalue weighted by Crippen LogP contribution is 2.69. The number of rotatable bonds is 0. The SMILES string of the molecule is C[C@@]12C[C@H]3[C@@H]4CCC[C@@H]4O[C@]31COC2=O. The van der Waals surface area contributed by atoms with E-state index in [1.807, 2.05) is 6.92 Å². The molecule has 5 atom stereocenters. The normalized spacial score (nSPS) is 60.6. The van der Waals surface area contributed by atoms with E-state index in [0.717, 1.165) is 6.42 Å². The zero-order valence-electron chi connectivity index (χ0n) is 8.99. The molecule has 2 saturated carbocycles. The molecule has 2 aliphatic carbocycles. The number of fused-ring (bicyclic) bond motifs is 2. The van der Waals surface area contributed by atoms with Gasteiger partial charge in [-0.3, -0.25) is 4.79 Å². The summed E-state index contributed by atoms with van der Waals surface area (Å²) < 4.78 is 11.5. The molecule has 0 aromatic heterocycles. The van der Waals surface area contributed by atoms with Crippen LogP contribution in [0.15, 0.2) is 0 Å². The summed E-state index contributed by atoms with van der Waals surface area (Å²) in [6.45, 7) is 2.54. The number of cyclic esters (lactones) is 1. The molecule has 2 saturated heterocycles. The molecule has 0 amide bonds. The lowest BCUT2D eigenvalue weighted by molar-refractivity contribution is -0.185. The molecule has 0 radical (unpaired) electrons. The van der Waals surface area contributed by atoms with Crippen LogP contribution in [0.3, 0.4) is 0 Å². The maximum atomic E-state index is 11.7. The number of ether oxygens (including phenoxy) is 2. The topological polar surface area (TPSA) is 35.5 Å². The maximum absolute atomic E-state index is 11.7. The molecule has 3 heteroatoms. The molecular weight excluding hydrogens is 192 g/mol. The first kappa shape index (κ1) is 8.57. The van der Waals surface area contributed by atoms with Gasteiger partial charge in [0.1, 0.15) is 12.2 Å². The van der Waals surface area contributed by atoms with E-state index in [1.165, 1.54) is 19.3 Å². The molecule has 0 aromatic rings. The largest absolute Gasteiger partial charge is 0.462 e. The molecule has 2 heterocycles. The van der Waals surface area contributed by atoms with Crippen LogP contribution in [-0.2, 0) is 14.3 Å². The van der Waals surface area contributed by atoms with Gasteiger partial charge < -0.3 is 9.47 Å². The van der Waals surface area contributed by atoms with E-state index in [0.29, 0.717) is 24.5 Å². The van der Waals surface area contributed by atoms with Gasteiger partial charge in [-0.05, 0) is 38.0 Å². The Labute approximate surface area is 89.1 Å². The summed E-state index contributed by atoms with van der Waals surface area (Å²) >= 11 is 0. The summed E-state index contributed by atoms with van der Waals surface area (Å²) in [6.07, 6.45) is 5.20. The second-order valence-corrected chi connectivity index (χ2v) is 5.86. The Kier molecular flexibility index (Phi) is 1.28. The minimum atomic E-state index is -0.317. The van der Waals surface area contributed by atoms with Crippen molar-refractivity contribution in [3.8, 4) is 0 Å². The third-order valence-corrected chi connectivity index (χ3v) is 5.41. The minimum Gasteiger partial charge on any atom is -0.462 e. The van der Waals surface area contributed by atoms with Crippen molar-refractivity contribution < 1.29 is 14.3 Å². The van der Waals surface area contributed by atoms with Crippen molar-refractivity contribution in [1.29, 1.82) is 0 Å². The highest BCUT2D eigenvalue weighted by molar-refractivity contribution is 5.82. The smallest absolute Gasteiger partial charge is 0.315 e. The Balaban J connectivity index is 1.76. The van der Waals surface area contributed by atoms with Crippen LogP contribution in [-0.4, -0.2) is 24.3 Å². The zero-order valence-corrected chi connectivity index (χ0v) is 8.99. The summed E-state index contributed by atoms with van der Waals surface area (Å²) in [4.78, 5) is 11.7. The van der Waals surface area contributed by atoms with Crippen LogP contribution >= 0.6 is 0 Å². The summed E-state index contributed by atoms with van der Waals surface area (Å²) in [5.74, 6) is 1.28. The Morgan fingerprint density at radius 3 is 3.07 bits per heavy atom. The second kappa shape index (κ2) is 2.24. The van der Waals surface area contributed by atoms with Crippen molar-refractivity contribution in [3.63, 3.8) is 0 Å². The van der Waals surface area contributed by atoms with E-state index in [4.69, 9.17) is 9.47 Å². The van der Waals surface area contributed by atoms with Crippen LogP contribution in [0.2, 0.25) is 0 Å². The molecule has 2 aliphatic heterocycles. The first-order chi connectivity index (χ1) is 7.17. The first-order valence-electron chi connectivity index (χ1n) is 6.02. The fourth-order valence-electron chi connectivity index (χ4n) is 4.49. The van der Waals surface area contributed by atoms with E-state index in [9.17, 15) is 4.79 Å². The zero-order chi connectivity index (χ0) is 10.3. The maximum Gasteiger partial charge on any atom is 0.315 e. The van der Waals surface area contributed by atoms with Crippen molar-refractivity contribution in [3.05, 3.63) is 0 Å². The molecule has 0 N–H and O–H groups in total.